The minimum Gasteiger partial charge on any atom is -0.319 e. The molecule has 320 valence electrons. The van der Waals surface area contributed by atoms with E-state index in [1.807, 2.05) is 49.7 Å². The van der Waals surface area contributed by atoms with Gasteiger partial charge in [0.15, 0.2) is 17.5 Å². The number of aromatic nitrogens is 3. The minimum atomic E-state index is -2.37. The highest BCUT2D eigenvalue weighted by atomic mass is 31.2. The van der Waals surface area contributed by atoms with E-state index in [0.717, 1.165) is 51.5 Å². The van der Waals surface area contributed by atoms with Crippen LogP contribution in [-0.4, -0.2) is 28.3 Å². The zero-order valence-corrected chi connectivity index (χ0v) is 38.3. The molecule has 1 fully saturated rings. The molecule has 1 heterocycles. The molecule has 5 heteroatoms. The Morgan fingerprint density at radius 2 is 0.742 bits per heavy atom. The second-order valence-electron chi connectivity index (χ2n) is 18.1. The third kappa shape index (κ3) is 7.66. The van der Waals surface area contributed by atoms with E-state index in [2.05, 4.69) is 170 Å². The fraction of sp³-hybridized carbons (Fsp3) is 0.131. The Bertz CT molecular complexity index is 3350. The van der Waals surface area contributed by atoms with E-state index in [1.165, 1.54) is 68.6 Å². The standard InChI is InChI=1S/C61H50N3OP/c1-66(2,65)49-38-32-44(33-39-49)57-53-25-13-11-23-51(53)56(52-24-12-14-26-54(52)57)43-28-34-47(35-29-43)61(40-16-5-17-41-61)48-36-30-46(31-37-48)59-62-58(45-20-8-4-9-21-45)63-60(64-59)55-27-15-10-22-50(55)42-18-6-3-7-19-42/h3-4,6-15,18-39H,5,16-17,40-41H2,1-2H3. The average Bonchev–Trinajstić information content (AvgIpc) is 3.38. The van der Waals surface area contributed by atoms with E-state index in [1.54, 1.807) is 0 Å². The summed E-state index contributed by atoms with van der Waals surface area (Å²) in [5.74, 6) is 1.97. The van der Waals surface area contributed by atoms with Gasteiger partial charge in [-0.2, -0.15) is 0 Å². The van der Waals surface area contributed by atoms with Crippen molar-refractivity contribution in [2.24, 2.45) is 0 Å². The number of hydrogen-bond acceptors (Lipinski definition) is 4. The molecule has 0 bridgehead atoms. The normalized spacial score (nSPS) is 13.8. The molecule has 0 amide bonds. The van der Waals surface area contributed by atoms with E-state index in [4.69, 9.17) is 15.0 Å². The van der Waals surface area contributed by atoms with Crippen LogP contribution in [0.5, 0.6) is 0 Å². The Kier molecular flexibility index (Phi) is 10.8. The highest BCUT2D eigenvalue weighted by Crippen LogP contribution is 2.48. The number of hydrogen-bond donors (Lipinski definition) is 0. The third-order valence-corrected chi connectivity index (χ3v) is 15.3. The van der Waals surface area contributed by atoms with Gasteiger partial charge in [-0.25, -0.2) is 15.0 Å². The summed E-state index contributed by atoms with van der Waals surface area (Å²) >= 11 is 0. The van der Waals surface area contributed by atoms with Crippen LogP contribution < -0.4 is 5.30 Å². The first-order chi connectivity index (χ1) is 32.3. The van der Waals surface area contributed by atoms with Crippen LogP contribution in [0.4, 0.5) is 0 Å². The Morgan fingerprint density at radius 1 is 0.364 bits per heavy atom. The maximum absolute atomic E-state index is 12.9. The van der Waals surface area contributed by atoms with Crippen LogP contribution in [0.25, 0.3) is 89.1 Å². The topological polar surface area (TPSA) is 55.7 Å². The predicted molar refractivity (Wildman–Crippen MR) is 277 cm³/mol. The molecule has 4 nitrogen and oxygen atoms in total. The second-order valence-corrected chi connectivity index (χ2v) is 21.3. The first kappa shape index (κ1) is 41.4. The molecule has 1 saturated carbocycles. The lowest BCUT2D eigenvalue weighted by Crippen LogP contribution is -2.30. The summed E-state index contributed by atoms with van der Waals surface area (Å²) in [6.07, 6.45) is 5.82. The minimum absolute atomic E-state index is 0.107. The van der Waals surface area contributed by atoms with Crippen LogP contribution in [0.3, 0.4) is 0 Å². The van der Waals surface area contributed by atoms with Gasteiger partial charge in [-0.05, 0) is 92.2 Å². The van der Waals surface area contributed by atoms with Gasteiger partial charge in [-0.1, -0.05) is 226 Å². The van der Waals surface area contributed by atoms with Crippen LogP contribution in [0.15, 0.2) is 206 Å². The van der Waals surface area contributed by atoms with E-state index >= 15 is 0 Å². The van der Waals surface area contributed by atoms with Crippen molar-refractivity contribution in [3.05, 3.63) is 217 Å². The van der Waals surface area contributed by atoms with Gasteiger partial charge in [0.1, 0.15) is 7.14 Å². The molecule has 0 saturated heterocycles. The highest BCUT2D eigenvalue weighted by molar-refractivity contribution is 7.70. The van der Waals surface area contributed by atoms with Gasteiger partial charge in [-0.3, -0.25) is 0 Å². The van der Waals surface area contributed by atoms with Crippen LogP contribution in [0, 0.1) is 0 Å². The molecule has 0 radical (unpaired) electrons. The van der Waals surface area contributed by atoms with E-state index < -0.39 is 7.14 Å². The molecule has 0 spiro atoms. The van der Waals surface area contributed by atoms with Gasteiger partial charge in [-0.15, -0.1) is 0 Å². The zero-order valence-electron chi connectivity index (χ0n) is 37.4. The van der Waals surface area contributed by atoms with Crippen molar-refractivity contribution < 1.29 is 4.57 Å². The number of fused-ring (bicyclic) bond motifs is 2. The Balaban J connectivity index is 0.979. The molecule has 10 aromatic rings. The van der Waals surface area contributed by atoms with E-state index in [-0.39, 0.29) is 5.41 Å². The van der Waals surface area contributed by atoms with Crippen LogP contribution in [0.1, 0.15) is 43.2 Å². The molecule has 0 unspecified atom stereocenters. The molecular formula is C61H50N3OP. The number of nitrogens with zero attached hydrogens (tertiary/aromatic N) is 3. The SMILES string of the molecule is CP(C)(=O)c1ccc(-c2c3ccccc3c(-c3ccc(C4(c5ccc(-c6nc(-c7ccccc7)nc(-c7ccccc7-c7ccccc7)n6)cc5)CCCCC4)cc3)c3ccccc23)cc1. The van der Waals surface area contributed by atoms with Crippen LogP contribution in [-0.2, 0) is 9.98 Å². The van der Waals surface area contributed by atoms with Crippen molar-refractivity contribution in [1.29, 1.82) is 0 Å². The summed E-state index contributed by atoms with van der Waals surface area (Å²) in [6.45, 7) is 3.67. The van der Waals surface area contributed by atoms with Gasteiger partial charge in [0.25, 0.3) is 0 Å². The largest absolute Gasteiger partial charge is 0.319 e. The third-order valence-electron chi connectivity index (χ3n) is 13.8. The zero-order chi connectivity index (χ0) is 44.7. The number of benzene rings is 9. The fourth-order valence-corrected chi connectivity index (χ4v) is 11.3. The molecule has 1 aliphatic rings. The smallest absolute Gasteiger partial charge is 0.164 e. The van der Waals surface area contributed by atoms with Gasteiger partial charge >= 0.3 is 0 Å². The van der Waals surface area contributed by atoms with Crippen molar-refractivity contribution in [2.45, 2.75) is 37.5 Å². The lowest BCUT2D eigenvalue weighted by Gasteiger charge is -2.39. The highest BCUT2D eigenvalue weighted by Gasteiger charge is 2.36. The summed E-state index contributed by atoms with van der Waals surface area (Å²) in [4.78, 5) is 15.4. The maximum atomic E-state index is 12.9. The molecule has 9 aromatic carbocycles. The number of rotatable bonds is 9. The van der Waals surface area contributed by atoms with E-state index in [0.29, 0.717) is 17.5 Å². The van der Waals surface area contributed by atoms with Crippen molar-refractivity contribution in [3.63, 3.8) is 0 Å². The summed E-state index contributed by atoms with van der Waals surface area (Å²) in [5.41, 5.74) is 12.5. The summed E-state index contributed by atoms with van der Waals surface area (Å²) in [6, 6.07) is 73.6. The van der Waals surface area contributed by atoms with Crippen molar-refractivity contribution in [1.82, 2.24) is 15.0 Å². The molecular weight excluding hydrogens is 822 g/mol. The molecule has 1 aromatic heterocycles. The fourth-order valence-electron chi connectivity index (χ4n) is 10.4. The maximum Gasteiger partial charge on any atom is 0.164 e. The van der Waals surface area contributed by atoms with Crippen LogP contribution in [0.2, 0.25) is 0 Å². The second kappa shape index (κ2) is 17.3. The Morgan fingerprint density at radius 3 is 1.23 bits per heavy atom. The Labute approximate surface area is 387 Å². The summed E-state index contributed by atoms with van der Waals surface area (Å²) in [5, 5.41) is 5.78. The van der Waals surface area contributed by atoms with E-state index in [9.17, 15) is 4.57 Å². The lowest BCUT2D eigenvalue weighted by atomic mass is 9.65. The van der Waals surface area contributed by atoms with Gasteiger partial charge in [0, 0.05) is 27.4 Å². The lowest BCUT2D eigenvalue weighted by molar-refractivity contribution is 0.346. The summed E-state index contributed by atoms with van der Waals surface area (Å²) in [7, 11) is -2.37. The van der Waals surface area contributed by atoms with Gasteiger partial charge < -0.3 is 4.57 Å². The molecule has 0 aliphatic heterocycles. The van der Waals surface area contributed by atoms with Crippen molar-refractivity contribution in [2.75, 3.05) is 13.3 Å². The van der Waals surface area contributed by atoms with Crippen molar-refractivity contribution >= 4 is 34.0 Å². The monoisotopic (exact) mass is 871 g/mol. The first-order valence-electron chi connectivity index (χ1n) is 23.1. The quantitative estimate of drug-likeness (QED) is 0.107. The molecule has 66 heavy (non-hydrogen) atoms. The van der Waals surface area contributed by atoms with Crippen LogP contribution >= 0.6 is 7.14 Å². The van der Waals surface area contributed by atoms with Gasteiger partial charge in [0.05, 0.1) is 0 Å². The predicted octanol–water partition coefficient (Wildman–Crippen LogP) is 15.7. The molecule has 0 N–H and O–H groups in total. The van der Waals surface area contributed by atoms with Gasteiger partial charge in [0.2, 0.25) is 0 Å². The molecule has 1 aliphatic carbocycles. The first-order valence-corrected chi connectivity index (χ1v) is 25.7. The summed E-state index contributed by atoms with van der Waals surface area (Å²) < 4.78 is 12.9. The van der Waals surface area contributed by atoms with Crippen molar-refractivity contribution in [3.8, 4) is 67.5 Å². The average molecular weight is 872 g/mol. The Hall–Kier alpha value is -7.26. The molecule has 11 rings (SSSR count). The molecule has 0 atom stereocenters.